The minimum Gasteiger partial charge on any atom is -0.748 e. The van der Waals surface area contributed by atoms with Crippen LogP contribution in [0.5, 0.6) is 0 Å². The molecule has 0 saturated carbocycles. The summed E-state index contributed by atoms with van der Waals surface area (Å²) in [7, 11) is -4.54. The standard InChI is InChI=1S/C25H46N2O6S.Na/c1-2-3-4-5-6-7-8-9-10-11-12-13-14-15-16-24(30)25-26(19-20-28)17-18-27(25)21-23(29)22-34(31,32)33;/h11-12,23,28-29H,2-10,13-22H2,1H3;/q;+1/b12-11+;. The molecule has 1 heterocycles. The van der Waals surface area contributed by atoms with Crippen molar-refractivity contribution in [3.05, 3.63) is 12.2 Å². The summed E-state index contributed by atoms with van der Waals surface area (Å²) >= 11 is 0. The maximum absolute atomic E-state index is 12.8. The first-order chi connectivity index (χ1) is 16.3. The van der Waals surface area contributed by atoms with Gasteiger partial charge in [-0.2, -0.15) is 0 Å². The van der Waals surface area contributed by atoms with E-state index in [1.807, 2.05) is 0 Å². The van der Waals surface area contributed by atoms with Crippen LogP contribution in [0.15, 0.2) is 12.2 Å². The van der Waals surface area contributed by atoms with Crippen molar-refractivity contribution in [2.45, 2.75) is 96.5 Å². The predicted molar refractivity (Wildman–Crippen MR) is 134 cm³/mol. The number of aliphatic hydroxyl groups is 2. The van der Waals surface area contributed by atoms with Gasteiger partial charge in [-0.1, -0.05) is 64.0 Å². The Morgan fingerprint density at radius 3 is 2.20 bits per heavy atom. The maximum atomic E-state index is 12.8. The summed E-state index contributed by atoms with van der Waals surface area (Å²) < 4.78 is 34.3. The number of β-amino-alcohol motifs (C(OH)–C–C–N with tert-alkyl or cyclic N) is 2. The van der Waals surface area contributed by atoms with Crippen LogP contribution in [0.4, 0.5) is 0 Å². The molecule has 10 heteroatoms. The van der Waals surface area contributed by atoms with Gasteiger partial charge in [-0.15, -0.1) is 0 Å². The molecule has 0 spiro atoms. The molecule has 1 aliphatic rings. The normalized spacial score (nSPS) is 15.1. The molecule has 0 aromatic carbocycles. The molecule has 1 aliphatic heterocycles. The molecule has 1 rings (SSSR count). The molecule has 1 atom stereocenters. The van der Waals surface area contributed by atoms with Gasteiger partial charge in [0, 0.05) is 6.42 Å². The molecule has 0 aromatic rings. The van der Waals surface area contributed by atoms with E-state index in [0.29, 0.717) is 31.9 Å². The number of nitrogens with zero attached hydrogens (tertiary/aromatic N) is 2. The van der Waals surface area contributed by atoms with Gasteiger partial charge in [0.25, 0.3) is 0 Å². The molecule has 8 nitrogen and oxygen atoms in total. The monoisotopic (exact) mass is 525 g/mol. The number of allylic oxidation sites excluding steroid dienone is 2. The fourth-order valence-corrected chi connectivity index (χ4v) is 4.93. The van der Waals surface area contributed by atoms with Gasteiger partial charge in [0.2, 0.25) is 5.78 Å². The van der Waals surface area contributed by atoms with Crippen molar-refractivity contribution in [2.75, 3.05) is 38.5 Å². The molecule has 0 bridgehead atoms. The van der Waals surface area contributed by atoms with Crippen LogP contribution in [0, 0.1) is 0 Å². The van der Waals surface area contributed by atoms with Crippen molar-refractivity contribution in [1.82, 2.24) is 4.90 Å². The van der Waals surface area contributed by atoms with Crippen LogP contribution in [0.3, 0.4) is 0 Å². The number of rotatable bonds is 21. The molecular weight excluding hydrogens is 479 g/mol. The number of ketones is 1. The Kier molecular flexibility index (Phi) is 20.6. The number of aliphatic hydroxyl groups excluding tert-OH is 2. The summed E-state index contributed by atoms with van der Waals surface area (Å²) in [4.78, 5) is 14.6. The molecule has 0 aliphatic carbocycles. The number of carbonyl (C=O) groups is 1. The van der Waals surface area contributed by atoms with Crippen LogP contribution in [0.2, 0.25) is 0 Å². The summed E-state index contributed by atoms with van der Waals surface area (Å²) in [5.41, 5.74) is 0. The van der Waals surface area contributed by atoms with E-state index in [0.717, 1.165) is 25.7 Å². The summed E-state index contributed by atoms with van der Waals surface area (Å²) in [6, 6.07) is 0. The minimum absolute atomic E-state index is 0. The van der Waals surface area contributed by atoms with Gasteiger partial charge in [0.05, 0.1) is 22.5 Å². The Morgan fingerprint density at radius 2 is 1.63 bits per heavy atom. The third-order valence-corrected chi connectivity index (χ3v) is 6.89. The third-order valence-electron chi connectivity index (χ3n) is 6.10. The molecule has 0 radical (unpaired) electrons. The molecule has 0 fully saturated rings. The molecule has 0 aromatic heterocycles. The van der Waals surface area contributed by atoms with Gasteiger partial charge in [-0.3, -0.25) is 14.3 Å². The number of carbonyl (C=O) groups excluding carboxylic acids is 1. The van der Waals surface area contributed by atoms with Crippen LogP contribution in [-0.2, 0) is 14.9 Å². The Bertz CT molecular complexity index is 742. The summed E-state index contributed by atoms with van der Waals surface area (Å²) in [5.74, 6) is -0.552. The van der Waals surface area contributed by atoms with E-state index in [4.69, 9.17) is 0 Å². The summed E-state index contributed by atoms with van der Waals surface area (Å²) in [6.45, 7) is 3.30. The number of unbranched alkanes of at least 4 members (excludes halogenated alkanes) is 10. The van der Waals surface area contributed by atoms with Gasteiger partial charge >= 0.3 is 35.4 Å². The van der Waals surface area contributed by atoms with Crippen LogP contribution in [0.1, 0.15) is 90.4 Å². The molecule has 35 heavy (non-hydrogen) atoms. The van der Waals surface area contributed by atoms with Crippen LogP contribution >= 0.6 is 0 Å². The molecule has 2 N–H and O–H groups in total. The molecule has 198 valence electrons. The van der Waals surface area contributed by atoms with E-state index in [-0.39, 0.29) is 48.5 Å². The fraction of sp³-hybridized carbons (Fsp3) is 0.840. The van der Waals surface area contributed by atoms with Gasteiger partial charge < -0.3 is 14.8 Å². The molecule has 1 unspecified atom stereocenters. The topological polar surface area (TPSA) is 121 Å². The Labute approximate surface area is 234 Å². The first-order valence-electron chi connectivity index (χ1n) is 13.1. The average Bonchev–Trinajstić information content (AvgIpc) is 3.14. The van der Waals surface area contributed by atoms with Crippen molar-refractivity contribution < 1.29 is 62.1 Å². The minimum atomic E-state index is -4.54. The number of Topliss-reactive ketones (excluding diaryl/α,β-unsaturated/α-hetero) is 1. The summed E-state index contributed by atoms with van der Waals surface area (Å²) in [6.07, 6.45) is 17.7. The van der Waals surface area contributed by atoms with E-state index in [9.17, 15) is 28.0 Å². The predicted octanol–water partition coefficient (Wildman–Crippen LogP) is -0.168. The quantitative estimate of drug-likeness (QED) is 0.0702. The van der Waals surface area contributed by atoms with E-state index >= 15 is 0 Å². The second-order valence-corrected chi connectivity index (χ2v) is 10.7. The largest absolute Gasteiger partial charge is 1.00 e. The van der Waals surface area contributed by atoms with Crippen LogP contribution in [-0.4, -0.2) is 88.9 Å². The van der Waals surface area contributed by atoms with Crippen molar-refractivity contribution in [3.63, 3.8) is 0 Å². The summed E-state index contributed by atoms with van der Waals surface area (Å²) in [5, 5.41) is 19.2. The second-order valence-electron chi connectivity index (χ2n) is 9.26. The molecule has 0 saturated heterocycles. The average molecular weight is 526 g/mol. The fourth-order valence-electron chi connectivity index (χ4n) is 4.36. The van der Waals surface area contributed by atoms with E-state index in [1.165, 1.54) is 51.4 Å². The van der Waals surface area contributed by atoms with Gasteiger partial charge in [0.15, 0.2) is 0 Å². The van der Waals surface area contributed by atoms with E-state index < -0.39 is 22.0 Å². The number of hydrogen-bond donors (Lipinski definition) is 2. The third kappa shape index (κ3) is 17.0. The molecule has 0 amide bonds. The zero-order chi connectivity index (χ0) is 25.2. The zero-order valence-electron chi connectivity index (χ0n) is 22.0. The number of hydrogen-bond acceptors (Lipinski definition) is 7. The van der Waals surface area contributed by atoms with Gasteiger partial charge in [-0.05, 0) is 32.1 Å². The molecular formula is C25H46N2NaO6S+. The smallest absolute Gasteiger partial charge is 0.748 e. The van der Waals surface area contributed by atoms with Crippen molar-refractivity contribution in [1.29, 1.82) is 0 Å². The van der Waals surface area contributed by atoms with Crippen LogP contribution < -0.4 is 29.6 Å². The van der Waals surface area contributed by atoms with E-state index in [1.54, 1.807) is 9.48 Å². The van der Waals surface area contributed by atoms with Crippen molar-refractivity contribution in [3.8, 4) is 0 Å². The van der Waals surface area contributed by atoms with Gasteiger partial charge in [-0.25, -0.2) is 8.42 Å². The zero-order valence-corrected chi connectivity index (χ0v) is 24.8. The van der Waals surface area contributed by atoms with Crippen molar-refractivity contribution >= 4 is 21.7 Å². The SMILES string of the molecule is CCCCCCCCCC/C=C/CCCCC(=O)C1=[N+](CC(O)CS(=O)(=O)[O-])CCN1CCO.[Na+]. The van der Waals surface area contributed by atoms with Crippen molar-refractivity contribution in [2.24, 2.45) is 0 Å². The first-order valence-corrected chi connectivity index (χ1v) is 14.6. The Balaban J connectivity index is 0.0000116. The maximum Gasteiger partial charge on any atom is 1.00 e. The Morgan fingerprint density at radius 1 is 1.06 bits per heavy atom. The van der Waals surface area contributed by atoms with Crippen LogP contribution in [0.25, 0.3) is 0 Å². The first kappa shape index (κ1) is 34.7. The Hall–Kier alpha value is -0.290. The number of amidine groups is 1. The van der Waals surface area contributed by atoms with E-state index in [2.05, 4.69) is 19.1 Å². The second kappa shape index (κ2) is 20.7. The van der Waals surface area contributed by atoms with Gasteiger partial charge in [0.1, 0.15) is 32.3 Å².